The quantitative estimate of drug-likeness (QED) is 0.537. The van der Waals surface area contributed by atoms with Crippen LogP contribution in [-0.4, -0.2) is 18.4 Å². The smallest absolute Gasteiger partial charge is 0.261 e. The minimum Gasteiger partial charge on any atom is -0.494 e. The largest absolute Gasteiger partial charge is 0.494 e. The standard InChI is InChI=1S/C22H21ClN2O3S/c1-3-28-16-8-6-7-15(12-16)13-24-22(27)20-14(2)11-19(29-20)25-21(26)17-9-4-5-10-18(17)23/h4-12H,3,13H2,1-2H3,(H,24,27)(H,25,26). The van der Waals surface area contributed by atoms with Crippen LogP contribution < -0.4 is 15.4 Å². The second kappa shape index (κ2) is 9.58. The van der Waals surface area contributed by atoms with Gasteiger partial charge < -0.3 is 15.4 Å². The Bertz CT molecular complexity index is 1030. The van der Waals surface area contributed by atoms with E-state index in [4.69, 9.17) is 16.3 Å². The maximum Gasteiger partial charge on any atom is 0.261 e. The first kappa shape index (κ1) is 20.9. The Hall–Kier alpha value is -2.83. The number of thiophene rings is 1. The van der Waals surface area contributed by atoms with Gasteiger partial charge in [0.2, 0.25) is 0 Å². The fraction of sp³-hybridized carbons (Fsp3) is 0.182. The van der Waals surface area contributed by atoms with Gasteiger partial charge in [0, 0.05) is 6.54 Å². The van der Waals surface area contributed by atoms with E-state index in [-0.39, 0.29) is 11.8 Å². The van der Waals surface area contributed by atoms with Crippen LogP contribution in [0.5, 0.6) is 5.75 Å². The van der Waals surface area contributed by atoms with Crippen molar-refractivity contribution in [2.75, 3.05) is 11.9 Å². The third kappa shape index (κ3) is 5.37. The average molecular weight is 429 g/mol. The summed E-state index contributed by atoms with van der Waals surface area (Å²) in [5, 5.41) is 6.70. The van der Waals surface area contributed by atoms with Gasteiger partial charge in [-0.15, -0.1) is 11.3 Å². The third-order valence-electron chi connectivity index (χ3n) is 4.14. The molecule has 2 aromatic carbocycles. The van der Waals surface area contributed by atoms with E-state index in [0.29, 0.717) is 33.6 Å². The molecule has 2 N–H and O–H groups in total. The van der Waals surface area contributed by atoms with Crippen LogP contribution in [0.3, 0.4) is 0 Å². The number of hydrogen-bond acceptors (Lipinski definition) is 4. The van der Waals surface area contributed by atoms with Crippen molar-refractivity contribution in [3.8, 4) is 5.75 Å². The molecule has 0 atom stereocenters. The van der Waals surface area contributed by atoms with Crippen LogP contribution in [0, 0.1) is 6.92 Å². The normalized spacial score (nSPS) is 10.4. The molecule has 0 unspecified atom stereocenters. The second-order valence-electron chi connectivity index (χ2n) is 6.32. The highest BCUT2D eigenvalue weighted by Gasteiger charge is 2.16. The summed E-state index contributed by atoms with van der Waals surface area (Å²) in [6.45, 7) is 4.74. The lowest BCUT2D eigenvalue weighted by Crippen LogP contribution is -2.22. The molecule has 5 nitrogen and oxygen atoms in total. The molecule has 0 bridgehead atoms. The molecule has 0 saturated heterocycles. The molecule has 0 radical (unpaired) electrons. The fourth-order valence-electron chi connectivity index (χ4n) is 2.77. The molecule has 0 aliphatic rings. The summed E-state index contributed by atoms with van der Waals surface area (Å²) in [7, 11) is 0. The van der Waals surface area contributed by atoms with Gasteiger partial charge in [0.1, 0.15) is 5.75 Å². The zero-order valence-corrected chi connectivity index (χ0v) is 17.7. The highest BCUT2D eigenvalue weighted by molar-refractivity contribution is 7.18. The molecule has 2 amide bonds. The second-order valence-corrected chi connectivity index (χ2v) is 7.78. The summed E-state index contributed by atoms with van der Waals surface area (Å²) in [6, 6.07) is 16.2. The topological polar surface area (TPSA) is 67.4 Å². The van der Waals surface area contributed by atoms with Gasteiger partial charge in [0.05, 0.1) is 27.1 Å². The molecule has 150 valence electrons. The number of aryl methyl sites for hydroxylation is 1. The van der Waals surface area contributed by atoms with E-state index in [0.717, 1.165) is 16.9 Å². The van der Waals surface area contributed by atoms with Crippen molar-refractivity contribution in [3.05, 3.63) is 81.2 Å². The highest BCUT2D eigenvalue weighted by Crippen LogP contribution is 2.28. The Morgan fingerprint density at radius 3 is 2.62 bits per heavy atom. The van der Waals surface area contributed by atoms with Crippen LogP contribution in [0.25, 0.3) is 0 Å². The lowest BCUT2D eigenvalue weighted by Gasteiger charge is -2.07. The predicted octanol–water partition coefficient (Wildman–Crippen LogP) is 5.29. The Morgan fingerprint density at radius 1 is 1.07 bits per heavy atom. The van der Waals surface area contributed by atoms with Crippen LogP contribution >= 0.6 is 22.9 Å². The van der Waals surface area contributed by atoms with E-state index in [2.05, 4.69) is 10.6 Å². The van der Waals surface area contributed by atoms with Crippen molar-refractivity contribution in [2.45, 2.75) is 20.4 Å². The molecule has 0 aliphatic heterocycles. The number of anilines is 1. The van der Waals surface area contributed by atoms with Gasteiger partial charge in [-0.05, 0) is 55.3 Å². The van der Waals surface area contributed by atoms with Crippen molar-refractivity contribution >= 4 is 39.8 Å². The van der Waals surface area contributed by atoms with Crippen LogP contribution in [0.2, 0.25) is 5.02 Å². The Balaban J connectivity index is 1.65. The molecule has 0 fully saturated rings. The number of nitrogens with one attached hydrogen (secondary N) is 2. The van der Waals surface area contributed by atoms with Gasteiger partial charge in [0.25, 0.3) is 11.8 Å². The number of carbonyl (C=O) groups is 2. The summed E-state index contributed by atoms with van der Waals surface area (Å²) in [6.07, 6.45) is 0. The van der Waals surface area contributed by atoms with Crippen LogP contribution in [0.1, 0.15) is 38.1 Å². The number of ether oxygens (including phenoxy) is 1. The Kier molecular flexibility index (Phi) is 6.90. The van der Waals surface area contributed by atoms with Crippen molar-refractivity contribution < 1.29 is 14.3 Å². The highest BCUT2D eigenvalue weighted by atomic mass is 35.5. The molecule has 0 saturated carbocycles. The first-order valence-electron chi connectivity index (χ1n) is 9.14. The SMILES string of the molecule is CCOc1cccc(CNC(=O)c2sc(NC(=O)c3ccccc3Cl)cc2C)c1. The molecule has 0 aliphatic carbocycles. The van der Waals surface area contributed by atoms with Gasteiger partial charge in [-0.3, -0.25) is 9.59 Å². The van der Waals surface area contributed by atoms with Crippen molar-refractivity contribution in [1.82, 2.24) is 5.32 Å². The number of hydrogen-bond donors (Lipinski definition) is 2. The van der Waals surface area contributed by atoms with E-state index in [1.54, 1.807) is 30.3 Å². The monoisotopic (exact) mass is 428 g/mol. The lowest BCUT2D eigenvalue weighted by atomic mass is 10.2. The first-order valence-corrected chi connectivity index (χ1v) is 10.3. The summed E-state index contributed by atoms with van der Waals surface area (Å²) < 4.78 is 5.48. The zero-order chi connectivity index (χ0) is 20.8. The summed E-state index contributed by atoms with van der Waals surface area (Å²) >= 11 is 7.30. The fourth-order valence-corrected chi connectivity index (χ4v) is 3.97. The van der Waals surface area contributed by atoms with Crippen LogP contribution in [0.15, 0.2) is 54.6 Å². The first-order chi connectivity index (χ1) is 14.0. The minimum absolute atomic E-state index is 0.187. The Morgan fingerprint density at radius 2 is 1.86 bits per heavy atom. The van der Waals surface area contributed by atoms with Gasteiger partial charge in [-0.25, -0.2) is 0 Å². The van der Waals surface area contributed by atoms with Crippen molar-refractivity contribution in [3.63, 3.8) is 0 Å². The van der Waals surface area contributed by atoms with Gasteiger partial charge in [0.15, 0.2) is 0 Å². The molecular weight excluding hydrogens is 408 g/mol. The molecule has 7 heteroatoms. The zero-order valence-electron chi connectivity index (χ0n) is 16.1. The predicted molar refractivity (Wildman–Crippen MR) is 117 cm³/mol. The lowest BCUT2D eigenvalue weighted by molar-refractivity contribution is 0.0953. The van der Waals surface area contributed by atoms with Crippen LogP contribution in [0.4, 0.5) is 5.00 Å². The molecule has 3 rings (SSSR count). The number of rotatable bonds is 7. The van der Waals surface area contributed by atoms with E-state index < -0.39 is 0 Å². The molecule has 3 aromatic rings. The van der Waals surface area contributed by atoms with E-state index in [1.807, 2.05) is 38.1 Å². The van der Waals surface area contributed by atoms with Crippen molar-refractivity contribution in [2.24, 2.45) is 0 Å². The minimum atomic E-state index is -0.309. The van der Waals surface area contributed by atoms with E-state index in [9.17, 15) is 9.59 Å². The maximum absolute atomic E-state index is 12.6. The van der Waals surface area contributed by atoms with Crippen LogP contribution in [-0.2, 0) is 6.54 Å². The molecule has 1 aromatic heterocycles. The van der Waals surface area contributed by atoms with E-state index >= 15 is 0 Å². The Labute approximate surface area is 178 Å². The third-order valence-corrected chi connectivity index (χ3v) is 5.62. The average Bonchev–Trinajstić information content (AvgIpc) is 3.07. The maximum atomic E-state index is 12.6. The summed E-state index contributed by atoms with van der Waals surface area (Å²) in [5.41, 5.74) is 2.14. The summed E-state index contributed by atoms with van der Waals surface area (Å²) in [4.78, 5) is 25.6. The van der Waals surface area contributed by atoms with Crippen molar-refractivity contribution in [1.29, 1.82) is 0 Å². The van der Waals surface area contributed by atoms with Gasteiger partial charge >= 0.3 is 0 Å². The molecule has 0 spiro atoms. The molecule has 1 heterocycles. The summed E-state index contributed by atoms with van der Waals surface area (Å²) in [5.74, 6) is 0.278. The molecule has 29 heavy (non-hydrogen) atoms. The van der Waals surface area contributed by atoms with Gasteiger partial charge in [-0.2, -0.15) is 0 Å². The number of carbonyl (C=O) groups excluding carboxylic acids is 2. The number of halogens is 1. The number of amides is 2. The van der Waals surface area contributed by atoms with E-state index in [1.165, 1.54) is 11.3 Å². The number of benzene rings is 2. The van der Waals surface area contributed by atoms with Gasteiger partial charge in [-0.1, -0.05) is 35.9 Å². The molecular formula is C22H21ClN2O3S.